The summed E-state index contributed by atoms with van der Waals surface area (Å²) in [5.74, 6) is 0.722. The van der Waals surface area contributed by atoms with Crippen LogP contribution in [0.25, 0.3) is 10.2 Å². The van der Waals surface area contributed by atoms with Crippen LogP contribution < -0.4 is 4.74 Å². The number of nitrogens with zero attached hydrogens (tertiary/aromatic N) is 2. The molecule has 0 aliphatic carbocycles. The van der Waals surface area contributed by atoms with Crippen LogP contribution in [0.1, 0.15) is 16.1 Å². The molecule has 0 aliphatic rings. The number of thiazole rings is 1. The Bertz CT molecular complexity index is 935. The number of rotatable bonds is 8. The molecule has 28 heavy (non-hydrogen) atoms. The second-order valence-electron chi connectivity index (χ2n) is 6.48. The highest BCUT2D eigenvalue weighted by atomic mass is 32.1. The summed E-state index contributed by atoms with van der Waals surface area (Å²) >= 11 is 1.53. The highest BCUT2D eigenvalue weighted by Crippen LogP contribution is 2.32. The van der Waals surface area contributed by atoms with Crippen LogP contribution in [0.2, 0.25) is 0 Å². The topological polar surface area (TPSA) is 25.4 Å². The maximum Gasteiger partial charge on any atom is 0.416 e. The number of benzene rings is 2. The molecule has 0 N–H and O–H groups in total. The molecule has 1 aromatic heterocycles. The van der Waals surface area contributed by atoms with E-state index in [1.807, 2.05) is 31.3 Å². The molecule has 0 spiro atoms. The van der Waals surface area contributed by atoms with Gasteiger partial charge in [0, 0.05) is 19.5 Å². The molecule has 7 heteroatoms. The third-order valence-corrected chi connectivity index (χ3v) is 5.25. The van der Waals surface area contributed by atoms with Gasteiger partial charge in [0.25, 0.3) is 0 Å². The van der Waals surface area contributed by atoms with Gasteiger partial charge in [-0.2, -0.15) is 13.2 Å². The number of likely N-dealkylation sites (N-methyl/N-ethyl adjacent to an activating group) is 1. The van der Waals surface area contributed by atoms with Gasteiger partial charge in [0.05, 0.1) is 15.3 Å². The first-order valence-electron chi connectivity index (χ1n) is 8.83. The first kappa shape index (κ1) is 20.4. The molecule has 2 aromatic carbocycles. The lowest BCUT2D eigenvalue weighted by Gasteiger charge is -2.14. The number of hydrogen-bond acceptors (Lipinski definition) is 4. The van der Waals surface area contributed by atoms with Gasteiger partial charge in [0.15, 0.2) is 0 Å². The average Bonchev–Trinajstić information content (AvgIpc) is 3.05. The average molecular weight is 406 g/mol. The molecule has 1 heterocycles. The van der Waals surface area contributed by atoms with Crippen molar-refractivity contribution >= 4 is 21.6 Å². The van der Waals surface area contributed by atoms with Crippen LogP contribution in [0, 0.1) is 0 Å². The number of aromatic nitrogens is 1. The predicted molar refractivity (Wildman–Crippen MR) is 107 cm³/mol. The first-order valence-corrected chi connectivity index (χ1v) is 9.65. The van der Waals surface area contributed by atoms with Gasteiger partial charge in [0.2, 0.25) is 0 Å². The van der Waals surface area contributed by atoms with Gasteiger partial charge in [-0.25, -0.2) is 4.98 Å². The molecular formula is C21H21F3N2OS. The molecule has 3 nitrogen and oxygen atoms in total. The smallest absolute Gasteiger partial charge is 0.416 e. The van der Waals surface area contributed by atoms with E-state index >= 15 is 0 Å². The van der Waals surface area contributed by atoms with Gasteiger partial charge in [-0.05, 0) is 36.9 Å². The summed E-state index contributed by atoms with van der Waals surface area (Å²) in [5, 5.41) is 0.842. The van der Waals surface area contributed by atoms with Crippen LogP contribution in [0.15, 0.2) is 55.1 Å². The number of ether oxygens (including phenoxy) is 1. The van der Waals surface area contributed by atoms with E-state index in [2.05, 4.69) is 16.5 Å². The van der Waals surface area contributed by atoms with Crippen LogP contribution in [0.5, 0.6) is 5.75 Å². The molecule has 3 rings (SSSR count). The zero-order valence-corrected chi connectivity index (χ0v) is 16.3. The molecule has 0 fully saturated rings. The van der Waals surface area contributed by atoms with Crippen molar-refractivity contribution < 1.29 is 17.9 Å². The van der Waals surface area contributed by atoms with Crippen molar-refractivity contribution in [2.45, 2.75) is 12.6 Å². The summed E-state index contributed by atoms with van der Waals surface area (Å²) in [6.45, 7) is 5.81. The predicted octanol–water partition coefficient (Wildman–Crippen LogP) is 5.40. The molecule has 0 saturated carbocycles. The van der Waals surface area contributed by atoms with Gasteiger partial charge in [-0.1, -0.05) is 24.3 Å². The molecule has 0 atom stereocenters. The van der Waals surface area contributed by atoms with E-state index in [9.17, 15) is 13.2 Å². The Balaban J connectivity index is 1.71. The van der Waals surface area contributed by atoms with Crippen molar-refractivity contribution in [3.05, 3.63) is 71.3 Å². The van der Waals surface area contributed by atoms with E-state index in [-0.39, 0.29) is 0 Å². The van der Waals surface area contributed by atoms with Crippen molar-refractivity contribution in [3.63, 3.8) is 0 Å². The Morgan fingerprint density at radius 1 is 1.18 bits per heavy atom. The van der Waals surface area contributed by atoms with Crippen molar-refractivity contribution in [2.75, 3.05) is 26.7 Å². The van der Waals surface area contributed by atoms with E-state index < -0.39 is 11.7 Å². The Kier molecular flexibility index (Phi) is 6.36. The second-order valence-corrected chi connectivity index (χ2v) is 7.60. The molecule has 0 saturated heterocycles. The lowest BCUT2D eigenvalue weighted by atomic mass is 10.1. The lowest BCUT2D eigenvalue weighted by molar-refractivity contribution is -0.137. The minimum atomic E-state index is -4.32. The molecule has 0 bridgehead atoms. The van der Waals surface area contributed by atoms with Gasteiger partial charge >= 0.3 is 6.18 Å². The monoisotopic (exact) mass is 406 g/mol. The third-order valence-electron chi connectivity index (χ3n) is 4.23. The quantitative estimate of drug-likeness (QED) is 0.468. The van der Waals surface area contributed by atoms with E-state index in [0.717, 1.165) is 51.8 Å². The Hall–Kier alpha value is -2.38. The van der Waals surface area contributed by atoms with Crippen LogP contribution in [-0.4, -0.2) is 36.6 Å². The van der Waals surface area contributed by atoms with Gasteiger partial charge in [-0.3, -0.25) is 4.90 Å². The largest absolute Gasteiger partial charge is 0.490 e. The van der Waals surface area contributed by atoms with E-state index in [1.54, 1.807) is 0 Å². The number of alkyl halides is 3. The fraction of sp³-hybridized carbons (Fsp3) is 0.286. The van der Waals surface area contributed by atoms with Crippen molar-refractivity contribution in [1.29, 1.82) is 0 Å². The standard InChI is InChI=1S/C21H21F3N2OS/c1-3-11-26(2)12-13-27-17-5-4-6-18-20(17)25-19(28-18)14-15-7-9-16(10-8-15)21(22,23)24/h3-10H,1,11-14H2,2H3. The zero-order valence-electron chi connectivity index (χ0n) is 15.5. The van der Waals surface area contributed by atoms with Crippen LogP contribution in [0.3, 0.4) is 0 Å². The minimum absolute atomic E-state index is 0.485. The summed E-state index contributed by atoms with van der Waals surface area (Å²) in [4.78, 5) is 6.76. The molecule has 0 radical (unpaired) electrons. The Morgan fingerprint density at radius 3 is 2.61 bits per heavy atom. The summed E-state index contributed by atoms with van der Waals surface area (Å²) in [5.41, 5.74) is 0.944. The number of fused-ring (bicyclic) bond motifs is 1. The Labute approximate surface area is 166 Å². The van der Waals surface area contributed by atoms with E-state index in [1.165, 1.54) is 23.5 Å². The van der Waals surface area contributed by atoms with Crippen molar-refractivity contribution in [1.82, 2.24) is 9.88 Å². The van der Waals surface area contributed by atoms with Crippen LogP contribution in [0.4, 0.5) is 13.2 Å². The zero-order chi connectivity index (χ0) is 20.1. The first-order chi connectivity index (χ1) is 13.4. The highest BCUT2D eigenvalue weighted by molar-refractivity contribution is 7.18. The summed E-state index contributed by atoms with van der Waals surface area (Å²) in [7, 11) is 2.00. The second kappa shape index (κ2) is 8.75. The summed E-state index contributed by atoms with van der Waals surface area (Å²) in [6.07, 6.45) is -1.99. The lowest BCUT2D eigenvalue weighted by Crippen LogP contribution is -2.24. The van der Waals surface area contributed by atoms with Gasteiger partial charge in [0.1, 0.15) is 17.9 Å². The third kappa shape index (κ3) is 5.11. The SMILES string of the molecule is C=CCN(C)CCOc1cccc2sc(Cc3ccc(C(F)(F)F)cc3)nc12. The van der Waals surface area contributed by atoms with E-state index in [4.69, 9.17) is 4.74 Å². The fourth-order valence-corrected chi connectivity index (χ4v) is 3.79. The van der Waals surface area contributed by atoms with Crippen LogP contribution >= 0.6 is 11.3 Å². The normalized spacial score (nSPS) is 11.9. The summed E-state index contributed by atoms with van der Waals surface area (Å²) in [6, 6.07) is 11.0. The number of hydrogen-bond donors (Lipinski definition) is 0. The molecule has 0 amide bonds. The summed E-state index contributed by atoms with van der Waals surface area (Å²) < 4.78 is 45.0. The van der Waals surface area contributed by atoms with Crippen LogP contribution in [-0.2, 0) is 12.6 Å². The van der Waals surface area contributed by atoms with Gasteiger partial charge < -0.3 is 4.74 Å². The van der Waals surface area contributed by atoms with Crippen molar-refractivity contribution in [2.24, 2.45) is 0 Å². The van der Waals surface area contributed by atoms with Crippen molar-refractivity contribution in [3.8, 4) is 5.75 Å². The molecule has 0 aliphatic heterocycles. The molecule has 148 valence electrons. The molecular weight excluding hydrogens is 385 g/mol. The minimum Gasteiger partial charge on any atom is -0.490 e. The maximum absolute atomic E-state index is 12.7. The van der Waals surface area contributed by atoms with Gasteiger partial charge in [-0.15, -0.1) is 17.9 Å². The Morgan fingerprint density at radius 2 is 1.93 bits per heavy atom. The molecule has 0 unspecified atom stereocenters. The van der Waals surface area contributed by atoms with E-state index in [0.29, 0.717) is 13.0 Å². The fourth-order valence-electron chi connectivity index (χ4n) is 2.77. The highest BCUT2D eigenvalue weighted by Gasteiger charge is 2.29. The number of para-hydroxylation sites is 1. The number of halogens is 3. The maximum atomic E-state index is 12.7. The molecule has 3 aromatic rings.